The van der Waals surface area contributed by atoms with E-state index < -0.39 is 0 Å². The van der Waals surface area contributed by atoms with Crippen LogP contribution in [0.15, 0.2) is 24.3 Å². The highest BCUT2D eigenvalue weighted by molar-refractivity contribution is 5.74. The van der Waals surface area contributed by atoms with Crippen molar-refractivity contribution in [3.05, 3.63) is 35.6 Å². The van der Waals surface area contributed by atoms with E-state index in [0.717, 1.165) is 69.7 Å². The first-order valence-corrected chi connectivity index (χ1v) is 13.6. The van der Waals surface area contributed by atoms with Crippen molar-refractivity contribution in [2.75, 3.05) is 40.4 Å². The van der Waals surface area contributed by atoms with Crippen LogP contribution >= 0.6 is 0 Å². The maximum Gasteiger partial charge on any atom is 0.317 e. The number of urea groups is 1. The minimum absolute atomic E-state index is 0.0485. The molecule has 1 heterocycles. The predicted octanol–water partition coefficient (Wildman–Crippen LogP) is 5.71. The van der Waals surface area contributed by atoms with Gasteiger partial charge >= 0.3 is 6.03 Å². The molecule has 2 fully saturated rings. The van der Waals surface area contributed by atoms with Gasteiger partial charge in [0.2, 0.25) is 0 Å². The van der Waals surface area contributed by atoms with Crippen LogP contribution in [0.2, 0.25) is 0 Å². The SMILES string of the molecule is CNC[C@H](CC1CCCCC1)NC(=O)N1CCC[C@@H]([C@@H](CCCCOC)c2ccccc2F)C1. The van der Waals surface area contributed by atoms with E-state index in [9.17, 15) is 9.18 Å². The summed E-state index contributed by atoms with van der Waals surface area (Å²) in [6, 6.07) is 7.41. The number of piperidine rings is 1. The summed E-state index contributed by atoms with van der Waals surface area (Å²) < 4.78 is 20.0. The Hall–Kier alpha value is -1.66. The highest BCUT2D eigenvalue weighted by Crippen LogP contribution is 2.37. The van der Waals surface area contributed by atoms with Gasteiger partial charge in [-0.05, 0) is 68.5 Å². The van der Waals surface area contributed by atoms with Gasteiger partial charge in [0.25, 0.3) is 0 Å². The van der Waals surface area contributed by atoms with Crippen molar-refractivity contribution < 1.29 is 13.9 Å². The van der Waals surface area contributed by atoms with Crippen molar-refractivity contribution >= 4 is 6.03 Å². The molecular formula is C28H46FN3O2. The summed E-state index contributed by atoms with van der Waals surface area (Å²) in [6.07, 6.45) is 12.5. The zero-order valence-electron chi connectivity index (χ0n) is 21.4. The Morgan fingerprint density at radius 1 is 1.15 bits per heavy atom. The van der Waals surface area contributed by atoms with Crippen molar-refractivity contribution in [1.29, 1.82) is 0 Å². The molecule has 3 atom stereocenters. The van der Waals surface area contributed by atoms with E-state index in [1.54, 1.807) is 19.2 Å². The zero-order valence-corrected chi connectivity index (χ0v) is 21.4. The summed E-state index contributed by atoms with van der Waals surface area (Å²) in [4.78, 5) is 15.3. The fourth-order valence-corrected chi connectivity index (χ4v) is 6.09. The maximum absolute atomic E-state index is 14.8. The average Bonchev–Trinajstić information content (AvgIpc) is 2.86. The summed E-state index contributed by atoms with van der Waals surface area (Å²) in [6.45, 7) is 3.02. The van der Waals surface area contributed by atoms with Crippen molar-refractivity contribution in [3.63, 3.8) is 0 Å². The summed E-state index contributed by atoms with van der Waals surface area (Å²) in [5.74, 6) is 1.01. The van der Waals surface area contributed by atoms with Gasteiger partial charge in [0.1, 0.15) is 5.82 Å². The fraction of sp³-hybridized carbons (Fsp3) is 0.750. The van der Waals surface area contributed by atoms with Crippen LogP contribution in [0.25, 0.3) is 0 Å². The fourth-order valence-electron chi connectivity index (χ4n) is 6.09. The molecule has 0 radical (unpaired) electrons. The molecule has 192 valence electrons. The molecular weight excluding hydrogens is 429 g/mol. The number of carbonyl (C=O) groups excluding carboxylic acids is 1. The van der Waals surface area contributed by atoms with E-state index in [1.807, 2.05) is 24.1 Å². The van der Waals surface area contributed by atoms with Crippen LogP contribution in [0, 0.1) is 17.7 Å². The van der Waals surface area contributed by atoms with Gasteiger partial charge < -0.3 is 20.3 Å². The molecule has 34 heavy (non-hydrogen) atoms. The minimum Gasteiger partial charge on any atom is -0.385 e. The van der Waals surface area contributed by atoms with Gasteiger partial charge in [0.15, 0.2) is 0 Å². The van der Waals surface area contributed by atoms with Crippen molar-refractivity contribution in [3.8, 4) is 0 Å². The number of nitrogens with one attached hydrogen (secondary N) is 2. The van der Waals surface area contributed by atoms with Crippen LogP contribution in [-0.4, -0.2) is 57.4 Å². The lowest BCUT2D eigenvalue weighted by Crippen LogP contribution is -2.51. The van der Waals surface area contributed by atoms with Crippen molar-refractivity contribution in [2.24, 2.45) is 11.8 Å². The Morgan fingerprint density at radius 2 is 1.94 bits per heavy atom. The summed E-state index contributed by atoms with van der Waals surface area (Å²) in [5, 5.41) is 6.61. The van der Waals surface area contributed by atoms with E-state index in [1.165, 1.54) is 32.1 Å². The number of nitrogens with zero attached hydrogens (tertiary/aromatic N) is 1. The number of ether oxygens (including phenoxy) is 1. The Balaban J connectivity index is 1.62. The zero-order chi connectivity index (χ0) is 24.2. The number of carbonyl (C=O) groups is 1. The second-order valence-corrected chi connectivity index (χ2v) is 10.4. The molecule has 1 aliphatic heterocycles. The Bertz CT molecular complexity index is 725. The Morgan fingerprint density at radius 3 is 2.68 bits per heavy atom. The third-order valence-electron chi connectivity index (χ3n) is 7.85. The lowest BCUT2D eigenvalue weighted by molar-refractivity contribution is 0.146. The van der Waals surface area contributed by atoms with Crippen LogP contribution in [0.3, 0.4) is 0 Å². The number of likely N-dealkylation sites (N-methyl/N-ethyl adjacent to an activating group) is 1. The molecule has 5 nitrogen and oxygen atoms in total. The molecule has 2 N–H and O–H groups in total. The van der Waals surface area contributed by atoms with E-state index in [-0.39, 0.29) is 29.7 Å². The summed E-state index contributed by atoms with van der Waals surface area (Å²) >= 11 is 0. The van der Waals surface area contributed by atoms with Gasteiger partial charge in [-0.3, -0.25) is 0 Å². The van der Waals surface area contributed by atoms with Crippen LogP contribution in [-0.2, 0) is 4.74 Å². The number of methoxy groups -OCH3 is 1. The molecule has 0 bridgehead atoms. The molecule has 3 rings (SSSR count). The van der Waals surface area contributed by atoms with Gasteiger partial charge in [0, 0.05) is 39.4 Å². The number of hydrogen-bond donors (Lipinski definition) is 2. The minimum atomic E-state index is -0.123. The number of hydrogen-bond acceptors (Lipinski definition) is 3. The molecule has 1 aromatic carbocycles. The van der Waals surface area contributed by atoms with Crippen LogP contribution in [0.1, 0.15) is 82.1 Å². The first-order chi connectivity index (χ1) is 16.6. The van der Waals surface area contributed by atoms with E-state index in [2.05, 4.69) is 10.6 Å². The Kier molecular flexibility index (Phi) is 11.6. The summed E-state index contributed by atoms with van der Waals surface area (Å²) in [5.41, 5.74) is 0.803. The molecule has 2 amide bonds. The monoisotopic (exact) mass is 475 g/mol. The van der Waals surface area contributed by atoms with Gasteiger partial charge in [-0.1, -0.05) is 56.7 Å². The van der Waals surface area contributed by atoms with E-state index >= 15 is 0 Å². The first kappa shape index (κ1) is 26.9. The molecule has 2 aliphatic rings. The molecule has 6 heteroatoms. The third-order valence-corrected chi connectivity index (χ3v) is 7.85. The maximum atomic E-state index is 14.8. The average molecular weight is 476 g/mol. The number of halogens is 1. The lowest BCUT2D eigenvalue weighted by Gasteiger charge is -2.38. The molecule has 1 aromatic rings. The second-order valence-electron chi connectivity index (χ2n) is 10.4. The van der Waals surface area contributed by atoms with E-state index in [4.69, 9.17) is 4.74 Å². The highest BCUT2D eigenvalue weighted by atomic mass is 19.1. The molecule has 0 unspecified atom stereocenters. The van der Waals surface area contributed by atoms with E-state index in [0.29, 0.717) is 6.54 Å². The first-order valence-electron chi connectivity index (χ1n) is 13.6. The topological polar surface area (TPSA) is 53.6 Å². The van der Waals surface area contributed by atoms with Crippen molar-refractivity contribution in [2.45, 2.75) is 82.6 Å². The smallest absolute Gasteiger partial charge is 0.317 e. The summed E-state index contributed by atoms with van der Waals surface area (Å²) in [7, 11) is 3.68. The largest absolute Gasteiger partial charge is 0.385 e. The Labute approximate surface area is 206 Å². The number of rotatable bonds is 12. The predicted molar refractivity (Wildman–Crippen MR) is 137 cm³/mol. The van der Waals surface area contributed by atoms with Crippen LogP contribution in [0.5, 0.6) is 0 Å². The lowest BCUT2D eigenvalue weighted by atomic mass is 9.78. The number of benzene rings is 1. The van der Waals surface area contributed by atoms with Crippen LogP contribution in [0.4, 0.5) is 9.18 Å². The molecule has 0 spiro atoms. The van der Waals surface area contributed by atoms with Gasteiger partial charge in [-0.2, -0.15) is 0 Å². The van der Waals surface area contributed by atoms with Crippen LogP contribution < -0.4 is 10.6 Å². The normalized spacial score (nSPS) is 21.3. The molecule has 1 saturated carbocycles. The van der Waals surface area contributed by atoms with Gasteiger partial charge in [-0.15, -0.1) is 0 Å². The molecule has 1 saturated heterocycles. The number of amides is 2. The molecule has 1 aliphatic carbocycles. The quantitative estimate of drug-likeness (QED) is 0.381. The second kappa shape index (κ2) is 14.7. The third kappa shape index (κ3) is 8.23. The van der Waals surface area contributed by atoms with Crippen molar-refractivity contribution in [1.82, 2.24) is 15.5 Å². The number of unbranched alkanes of at least 4 members (excludes halogenated alkanes) is 1. The highest BCUT2D eigenvalue weighted by Gasteiger charge is 2.32. The number of likely N-dealkylation sites (tertiary alicyclic amines) is 1. The standard InChI is InChI=1S/C28H46FN3O2/c1-30-20-24(19-22-11-4-3-5-12-22)31-28(33)32-17-10-13-23(21-32)25(14-8-9-18-34-2)26-15-6-7-16-27(26)29/h6-7,15-16,22-25,30H,3-5,8-14,17-21H2,1-2H3,(H,31,33)/t23-,24+,25-/m1/s1. The van der Waals surface area contributed by atoms with Gasteiger partial charge in [-0.25, -0.2) is 9.18 Å². The molecule has 0 aromatic heterocycles. The van der Waals surface area contributed by atoms with Gasteiger partial charge in [0.05, 0.1) is 0 Å².